The third-order valence-electron chi connectivity index (χ3n) is 2.62. The average Bonchev–Trinajstić information content (AvgIpc) is 2.75. The number of carboxylic acids is 1. The molecule has 0 bridgehead atoms. The van der Waals surface area contributed by atoms with Crippen molar-refractivity contribution < 1.29 is 18.3 Å². The average molecular weight is 305 g/mol. The van der Waals surface area contributed by atoms with Crippen molar-refractivity contribution in [1.82, 2.24) is 4.72 Å². The molecule has 0 saturated heterocycles. The number of hydrogen-bond acceptors (Lipinski definition) is 4. The van der Waals surface area contributed by atoms with Gasteiger partial charge >= 0.3 is 5.97 Å². The lowest BCUT2D eigenvalue weighted by atomic mass is 10.1. The fraction of sp³-hybridized carbons (Fsp3) is 0.583. The molecule has 0 spiro atoms. The Morgan fingerprint density at radius 3 is 2.47 bits per heavy atom. The molecule has 0 aliphatic heterocycles. The highest BCUT2D eigenvalue weighted by molar-refractivity contribution is 7.91. The first-order chi connectivity index (χ1) is 8.72. The van der Waals surface area contributed by atoms with Gasteiger partial charge in [-0.1, -0.05) is 13.8 Å². The van der Waals surface area contributed by atoms with E-state index in [2.05, 4.69) is 18.6 Å². The summed E-state index contributed by atoms with van der Waals surface area (Å²) in [5.41, 5.74) is 0.000193. The van der Waals surface area contributed by atoms with Gasteiger partial charge in [-0.25, -0.2) is 17.9 Å². The number of thiophene rings is 1. The van der Waals surface area contributed by atoms with Gasteiger partial charge in [0.05, 0.1) is 5.56 Å². The number of carbonyl (C=O) groups is 1. The van der Waals surface area contributed by atoms with Crippen molar-refractivity contribution in [1.29, 1.82) is 0 Å². The molecule has 0 aromatic carbocycles. The van der Waals surface area contributed by atoms with E-state index < -0.39 is 16.0 Å². The maximum atomic E-state index is 12.0. The molecule has 19 heavy (non-hydrogen) atoms. The first-order valence-corrected chi connectivity index (χ1v) is 8.43. The first-order valence-electron chi connectivity index (χ1n) is 6.06. The highest BCUT2D eigenvalue weighted by Gasteiger charge is 2.21. The van der Waals surface area contributed by atoms with E-state index in [4.69, 9.17) is 5.11 Å². The Balaban J connectivity index is 2.72. The number of aromatic carboxylic acids is 1. The number of nitrogens with one attached hydrogen (secondary N) is 1. The summed E-state index contributed by atoms with van der Waals surface area (Å²) in [7, 11) is -3.61. The molecule has 0 aliphatic carbocycles. The standard InChI is InChI=1S/C12H19NO4S2/c1-8(2)4-5-9(3)13-19(16,17)11-6-10(7-18-11)12(14)15/h6-9,13H,4-5H2,1-3H3,(H,14,15). The van der Waals surface area contributed by atoms with E-state index in [1.165, 1.54) is 11.4 Å². The molecule has 2 N–H and O–H groups in total. The number of rotatable bonds is 7. The number of sulfonamides is 1. The summed E-state index contributed by atoms with van der Waals surface area (Å²) in [6.07, 6.45) is 1.70. The van der Waals surface area contributed by atoms with Crippen molar-refractivity contribution in [2.75, 3.05) is 0 Å². The molecule has 1 aromatic rings. The molecule has 0 fully saturated rings. The van der Waals surface area contributed by atoms with Crippen LogP contribution in [0.25, 0.3) is 0 Å². The molecule has 7 heteroatoms. The molecule has 108 valence electrons. The molecule has 1 atom stereocenters. The predicted molar refractivity (Wildman–Crippen MR) is 75.1 cm³/mol. The van der Waals surface area contributed by atoms with Crippen molar-refractivity contribution in [2.45, 2.75) is 43.9 Å². The van der Waals surface area contributed by atoms with Crippen LogP contribution in [-0.4, -0.2) is 25.5 Å². The van der Waals surface area contributed by atoms with Crippen LogP contribution < -0.4 is 4.72 Å². The van der Waals surface area contributed by atoms with Gasteiger partial charge in [0.2, 0.25) is 10.0 Å². The molecule has 0 aliphatic rings. The molecule has 0 saturated carbocycles. The Hall–Kier alpha value is -0.920. The molecule has 1 heterocycles. The third-order valence-corrected chi connectivity index (χ3v) is 5.65. The monoisotopic (exact) mass is 305 g/mol. The lowest BCUT2D eigenvalue weighted by molar-refractivity contribution is 0.0697. The van der Waals surface area contributed by atoms with Crippen molar-refractivity contribution in [3.05, 3.63) is 17.0 Å². The second-order valence-corrected chi connectivity index (χ2v) is 7.81. The fourth-order valence-corrected chi connectivity index (χ4v) is 3.98. The minimum absolute atomic E-state index is 0.000193. The quantitative estimate of drug-likeness (QED) is 0.811. The number of hydrogen-bond donors (Lipinski definition) is 2. The van der Waals surface area contributed by atoms with Crippen LogP contribution in [-0.2, 0) is 10.0 Å². The fourth-order valence-electron chi connectivity index (χ4n) is 1.53. The van der Waals surface area contributed by atoms with Crippen molar-refractivity contribution in [3.8, 4) is 0 Å². The van der Waals surface area contributed by atoms with Gasteiger partial charge in [0.15, 0.2) is 0 Å². The van der Waals surface area contributed by atoms with E-state index in [0.29, 0.717) is 5.92 Å². The first kappa shape index (κ1) is 16.1. The van der Waals surface area contributed by atoms with Crippen LogP contribution in [0.2, 0.25) is 0 Å². The van der Waals surface area contributed by atoms with Gasteiger partial charge in [0.25, 0.3) is 0 Å². The summed E-state index contributed by atoms with van der Waals surface area (Å²) in [6, 6.07) is 1.02. The largest absolute Gasteiger partial charge is 0.478 e. The molecular weight excluding hydrogens is 286 g/mol. The van der Waals surface area contributed by atoms with Gasteiger partial charge in [0, 0.05) is 11.4 Å². The summed E-state index contributed by atoms with van der Waals surface area (Å²) in [5, 5.41) is 10.1. The highest BCUT2D eigenvalue weighted by atomic mass is 32.2. The second-order valence-electron chi connectivity index (χ2n) is 4.95. The Bertz CT molecular complexity index is 534. The van der Waals surface area contributed by atoms with E-state index >= 15 is 0 Å². The van der Waals surface area contributed by atoms with E-state index in [0.717, 1.165) is 24.2 Å². The summed E-state index contributed by atoms with van der Waals surface area (Å²) in [5.74, 6) is -0.599. The van der Waals surface area contributed by atoms with E-state index in [-0.39, 0.29) is 15.8 Å². The predicted octanol–water partition coefficient (Wildman–Crippen LogP) is 2.55. The van der Waals surface area contributed by atoms with E-state index in [1.807, 2.05) is 6.92 Å². The zero-order chi connectivity index (χ0) is 14.6. The van der Waals surface area contributed by atoms with Crippen LogP contribution in [0.1, 0.15) is 44.0 Å². The van der Waals surface area contributed by atoms with Gasteiger partial charge in [0.1, 0.15) is 4.21 Å². The minimum Gasteiger partial charge on any atom is -0.478 e. The lowest BCUT2D eigenvalue weighted by Crippen LogP contribution is -2.32. The Kier molecular flexibility index (Phi) is 5.51. The van der Waals surface area contributed by atoms with Gasteiger partial charge in [-0.2, -0.15) is 0 Å². The van der Waals surface area contributed by atoms with Crippen LogP contribution in [0.5, 0.6) is 0 Å². The van der Waals surface area contributed by atoms with Gasteiger partial charge in [-0.3, -0.25) is 0 Å². The Labute approximate surface area is 117 Å². The number of carboxylic acid groups (broad SMARTS) is 1. The van der Waals surface area contributed by atoms with Gasteiger partial charge in [-0.15, -0.1) is 11.3 Å². The van der Waals surface area contributed by atoms with Crippen molar-refractivity contribution >= 4 is 27.3 Å². The summed E-state index contributed by atoms with van der Waals surface area (Å²) in [6.45, 7) is 5.98. The van der Waals surface area contributed by atoms with Crippen LogP contribution in [0.15, 0.2) is 15.7 Å². The van der Waals surface area contributed by atoms with Crippen LogP contribution in [0.4, 0.5) is 0 Å². The molecule has 5 nitrogen and oxygen atoms in total. The van der Waals surface area contributed by atoms with Gasteiger partial charge < -0.3 is 5.11 Å². The van der Waals surface area contributed by atoms with Crippen molar-refractivity contribution in [3.63, 3.8) is 0 Å². The lowest BCUT2D eigenvalue weighted by Gasteiger charge is -2.14. The molecule has 1 aromatic heterocycles. The summed E-state index contributed by atoms with van der Waals surface area (Å²) < 4.78 is 26.7. The summed E-state index contributed by atoms with van der Waals surface area (Å²) >= 11 is 0.920. The van der Waals surface area contributed by atoms with Crippen LogP contribution in [0, 0.1) is 5.92 Å². The molecule has 0 amide bonds. The topological polar surface area (TPSA) is 83.5 Å². The maximum absolute atomic E-state index is 12.0. The third kappa shape index (κ3) is 4.93. The molecule has 1 rings (SSSR count). The Morgan fingerprint density at radius 2 is 2.00 bits per heavy atom. The molecule has 1 unspecified atom stereocenters. The maximum Gasteiger partial charge on any atom is 0.336 e. The van der Waals surface area contributed by atoms with E-state index in [9.17, 15) is 13.2 Å². The smallest absolute Gasteiger partial charge is 0.336 e. The minimum atomic E-state index is -3.61. The molecule has 0 radical (unpaired) electrons. The van der Waals surface area contributed by atoms with Gasteiger partial charge in [-0.05, 0) is 31.7 Å². The van der Waals surface area contributed by atoms with Crippen LogP contribution in [0.3, 0.4) is 0 Å². The normalized spacial score (nSPS) is 13.7. The second kappa shape index (κ2) is 6.49. The zero-order valence-electron chi connectivity index (χ0n) is 11.2. The SMILES string of the molecule is CC(C)CCC(C)NS(=O)(=O)c1cc(C(=O)O)cs1. The zero-order valence-corrected chi connectivity index (χ0v) is 12.8. The summed E-state index contributed by atoms with van der Waals surface area (Å²) in [4.78, 5) is 10.7. The van der Waals surface area contributed by atoms with Crippen LogP contribution >= 0.6 is 11.3 Å². The van der Waals surface area contributed by atoms with E-state index in [1.54, 1.807) is 0 Å². The Morgan fingerprint density at radius 1 is 1.37 bits per heavy atom. The van der Waals surface area contributed by atoms with Crippen molar-refractivity contribution in [2.24, 2.45) is 5.92 Å². The highest BCUT2D eigenvalue weighted by Crippen LogP contribution is 2.21. The molecular formula is C12H19NO4S2.